The number of nitrogens with zero attached hydrogens (tertiary/aromatic N) is 1. The van der Waals surface area contributed by atoms with Crippen LogP contribution in [0.4, 0.5) is 0 Å². The molecule has 2 aliphatic rings. The van der Waals surface area contributed by atoms with E-state index in [1.807, 2.05) is 6.92 Å². The van der Waals surface area contributed by atoms with E-state index in [4.69, 9.17) is 4.84 Å². The third-order valence-electron chi connectivity index (χ3n) is 7.23. The van der Waals surface area contributed by atoms with Gasteiger partial charge >= 0.3 is 5.97 Å². The zero-order chi connectivity index (χ0) is 22.2. The first kappa shape index (κ1) is 21.8. The molecule has 0 unspecified atom stereocenters. The molecule has 1 saturated carbocycles. The molecule has 3 heteroatoms. The van der Waals surface area contributed by atoms with E-state index in [2.05, 4.69) is 69.2 Å². The maximum atomic E-state index is 12.1. The Balaban J connectivity index is 1.73. The zero-order valence-electron chi connectivity index (χ0n) is 19.6. The summed E-state index contributed by atoms with van der Waals surface area (Å²) in [6, 6.07) is 13.5. The fraction of sp³-hybridized carbons (Fsp3) is 0.500. The van der Waals surface area contributed by atoms with Gasteiger partial charge in [0.1, 0.15) is 0 Å². The number of benzene rings is 2. The summed E-state index contributed by atoms with van der Waals surface area (Å²) in [6.45, 7) is 11.1. The molecule has 1 fully saturated rings. The summed E-state index contributed by atoms with van der Waals surface area (Å²) in [5.41, 5.74) is 8.64. The smallest absolute Gasteiger partial charge is 0.318 e. The van der Waals surface area contributed by atoms with Gasteiger partial charge in [0.2, 0.25) is 0 Å². The van der Waals surface area contributed by atoms with Gasteiger partial charge in [0, 0.05) is 17.8 Å². The van der Waals surface area contributed by atoms with E-state index in [0.717, 1.165) is 36.5 Å². The Morgan fingerprint density at radius 2 is 1.68 bits per heavy atom. The first-order valence-electron chi connectivity index (χ1n) is 11.9. The van der Waals surface area contributed by atoms with E-state index >= 15 is 0 Å². The van der Waals surface area contributed by atoms with Crippen molar-refractivity contribution in [3.05, 3.63) is 58.7 Å². The van der Waals surface area contributed by atoms with Crippen LogP contribution in [-0.4, -0.2) is 11.7 Å². The highest BCUT2D eigenvalue weighted by Gasteiger charge is 2.36. The van der Waals surface area contributed by atoms with Crippen molar-refractivity contribution in [2.45, 2.75) is 78.6 Å². The summed E-state index contributed by atoms with van der Waals surface area (Å²) in [6.07, 6.45) is 5.79. The lowest BCUT2D eigenvalue weighted by atomic mass is 9.77. The summed E-state index contributed by atoms with van der Waals surface area (Å²) in [5, 5.41) is 4.46. The first-order valence-corrected chi connectivity index (χ1v) is 11.9. The van der Waals surface area contributed by atoms with Crippen molar-refractivity contribution in [2.75, 3.05) is 0 Å². The SMILES string of the molecule is CCCC(=O)O/N=C(\c1ccc2c(c1)C(C)(C)c1cc(C)ccc1-2)C1CCC(C)CC1. The Bertz CT molecular complexity index is 1010. The Labute approximate surface area is 186 Å². The molecule has 0 radical (unpaired) electrons. The van der Waals surface area contributed by atoms with Gasteiger partial charge in [-0.05, 0) is 66.0 Å². The number of rotatable bonds is 5. The van der Waals surface area contributed by atoms with Crippen LogP contribution in [0, 0.1) is 18.8 Å². The molecular formula is C28H35NO2. The third-order valence-corrected chi connectivity index (χ3v) is 7.23. The van der Waals surface area contributed by atoms with E-state index in [-0.39, 0.29) is 11.4 Å². The fourth-order valence-electron chi connectivity index (χ4n) is 5.26. The van der Waals surface area contributed by atoms with Crippen LogP contribution >= 0.6 is 0 Å². The van der Waals surface area contributed by atoms with Gasteiger partial charge in [0.25, 0.3) is 0 Å². The molecule has 0 amide bonds. The fourth-order valence-corrected chi connectivity index (χ4v) is 5.26. The lowest BCUT2D eigenvalue weighted by Crippen LogP contribution is -2.23. The molecule has 0 aromatic heterocycles. The highest BCUT2D eigenvalue weighted by Crippen LogP contribution is 2.49. The van der Waals surface area contributed by atoms with Crippen LogP contribution in [0.2, 0.25) is 0 Å². The summed E-state index contributed by atoms with van der Waals surface area (Å²) >= 11 is 0. The molecule has 2 aliphatic carbocycles. The average Bonchev–Trinajstić information content (AvgIpc) is 2.96. The largest absolute Gasteiger partial charge is 0.335 e. The lowest BCUT2D eigenvalue weighted by Gasteiger charge is -2.28. The van der Waals surface area contributed by atoms with Crippen molar-refractivity contribution in [3.63, 3.8) is 0 Å². The van der Waals surface area contributed by atoms with Gasteiger partial charge in [-0.15, -0.1) is 0 Å². The summed E-state index contributed by atoms with van der Waals surface area (Å²) in [4.78, 5) is 17.4. The summed E-state index contributed by atoms with van der Waals surface area (Å²) < 4.78 is 0. The monoisotopic (exact) mass is 417 g/mol. The van der Waals surface area contributed by atoms with E-state index in [1.54, 1.807) is 0 Å². The summed E-state index contributed by atoms with van der Waals surface area (Å²) in [5.74, 6) is 0.864. The number of aryl methyl sites for hydroxylation is 1. The van der Waals surface area contributed by atoms with Crippen molar-refractivity contribution in [1.29, 1.82) is 0 Å². The maximum Gasteiger partial charge on any atom is 0.335 e. The van der Waals surface area contributed by atoms with E-state index in [9.17, 15) is 4.79 Å². The van der Waals surface area contributed by atoms with Gasteiger partial charge in [0.05, 0.1) is 5.71 Å². The van der Waals surface area contributed by atoms with E-state index in [1.165, 1.54) is 40.7 Å². The highest BCUT2D eigenvalue weighted by molar-refractivity contribution is 6.03. The first-order chi connectivity index (χ1) is 14.8. The third kappa shape index (κ3) is 4.20. The number of hydrogen-bond acceptors (Lipinski definition) is 3. The highest BCUT2D eigenvalue weighted by atomic mass is 16.7. The number of carbonyl (C=O) groups excluding carboxylic acids is 1. The van der Waals surface area contributed by atoms with Gasteiger partial charge in [0.15, 0.2) is 0 Å². The molecule has 0 heterocycles. The maximum absolute atomic E-state index is 12.1. The molecule has 0 N–H and O–H groups in total. The predicted octanol–water partition coefficient (Wildman–Crippen LogP) is 7.18. The van der Waals surface area contributed by atoms with Gasteiger partial charge in [-0.25, -0.2) is 4.79 Å². The molecule has 2 aromatic rings. The molecule has 3 nitrogen and oxygen atoms in total. The predicted molar refractivity (Wildman–Crippen MR) is 127 cm³/mol. The van der Waals surface area contributed by atoms with Gasteiger partial charge in [-0.2, -0.15) is 0 Å². The zero-order valence-corrected chi connectivity index (χ0v) is 19.6. The lowest BCUT2D eigenvalue weighted by molar-refractivity contribution is -0.143. The molecule has 164 valence electrons. The van der Waals surface area contributed by atoms with Crippen LogP contribution in [0.5, 0.6) is 0 Å². The normalized spacial score (nSPS) is 22.0. The minimum Gasteiger partial charge on any atom is -0.318 e. The molecule has 31 heavy (non-hydrogen) atoms. The molecular weight excluding hydrogens is 382 g/mol. The standard InChI is InChI=1S/C28H35NO2/c1-6-7-26(30)31-29-27(20-11-8-18(2)9-12-20)21-13-15-23-22-14-10-19(3)16-24(22)28(4,5)25(23)17-21/h10,13-18,20H,6-9,11-12H2,1-5H3/b29-27-. The number of oxime groups is 1. The molecule has 4 rings (SSSR count). The Hall–Kier alpha value is -2.42. The van der Waals surface area contributed by atoms with Crippen LogP contribution in [0.1, 0.15) is 88.5 Å². The van der Waals surface area contributed by atoms with Crippen LogP contribution < -0.4 is 0 Å². The van der Waals surface area contributed by atoms with Crippen LogP contribution in [0.3, 0.4) is 0 Å². The topological polar surface area (TPSA) is 38.7 Å². The Kier molecular flexibility index (Phi) is 6.05. The summed E-state index contributed by atoms with van der Waals surface area (Å²) in [7, 11) is 0. The second kappa shape index (κ2) is 8.61. The van der Waals surface area contributed by atoms with Crippen LogP contribution in [0.15, 0.2) is 41.6 Å². The van der Waals surface area contributed by atoms with Gasteiger partial charge in [-0.1, -0.05) is 81.6 Å². The van der Waals surface area contributed by atoms with Gasteiger partial charge < -0.3 is 4.84 Å². The van der Waals surface area contributed by atoms with Crippen LogP contribution in [-0.2, 0) is 15.0 Å². The van der Waals surface area contributed by atoms with Crippen LogP contribution in [0.25, 0.3) is 11.1 Å². The molecule has 0 saturated heterocycles. The van der Waals surface area contributed by atoms with Crippen molar-refractivity contribution in [1.82, 2.24) is 0 Å². The van der Waals surface area contributed by atoms with Crippen molar-refractivity contribution >= 4 is 11.7 Å². The van der Waals surface area contributed by atoms with E-state index in [0.29, 0.717) is 12.3 Å². The average molecular weight is 418 g/mol. The van der Waals surface area contributed by atoms with Crippen molar-refractivity contribution < 1.29 is 9.63 Å². The molecule has 0 atom stereocenters. The van der Waals surface area contributed by atoms with Gasteiger partial charge in [-0.3, -0.25) is 0 Å². The van der Waals surface area contributed by atoms with E-state index < -0.39 is 0 Å². The molecule has 0 aliphatic heterocycles. The quantitative estimate of drug-likeness (QED) is 0.294. The number of fused-ring (bicyclic) bond motifs is 3. The molecule has 0 bridgehead atoms. The minimum absolute atomic E-state index is 0.0578. The Morgan fingerprint density at radius 3 is 2.35 bits per heavy atom. The number of hydrogen-bond donors (Lipinski definition) is 0. The second-order valence-electron chi connectivity index (χ2n) is 10.1. The van der Waals surface area contributed by atoms with Crippen molar-refractivity contribution in [2.24, 2.45) is 17.0 Å². The molecule has 2 aromatic carbocycles. The molecule has 0 spiro atoms. The second-order valence-corrected chi connectivity index (χ2v) is 10.1. The van der Waals surface area contributed by atoms with Crippen molar-refractivity contribution in [3.8, 4) is 11.1 Å². The minimum atomic E-state index is -0.242. The number of carbonyl (C=O) groups is 1. The Morgan fingerprint density at radius 1 is 1.03 bits per heavy atom.